The van der Waals surface area contributed by atoms with Crippen molar-refractivity contribution >= 4 is 0 Å². The molecule has 100 valence electrons. The molecule has 1 heteroatoms. The number of hydrogen-bond acceptors (Lipinski definition) is 1. The molecule has 1 fully saturated rings. The fourth-order valence-electron chi connectivity index (χ4n) is 2.73. The Morgan fingerprint density at radius 1 is 1.17 bits per heavy atom. The third kappa shape index (κ3) is 3.58. The summed E-state index contributed by atoms with van der Waals surface area (Å²) < 4.78 is 0. The summed E-state index contributed by atoms with van der Waals surface area (Å²) in [5, 5.41) is 3.69. The first-order valence-corrected chi connectivity index (χ1v) is 7.24. The molecule has 0 atom stereocenters. The van der Waals surface area contributed by atoms with Crippen molar-refractivity contribution in [3.05, 3.63) is 35.4 Å². The van der Waals surface area contributed by atoms with Crippen molar-refractivity contribution < 1.29 is 0 Å². The molecule has 0 unspecified atom stereocenters. The SMILES string of the molecule is Cc1ccccc1C1CC(NCCC(C)(C)C)C1. The van der Waals surface area contributed by atoms with Crippen molar-refractivity contribution in [1.82, 2.24) is 5.32 Å². The Labute approximate surface area is 112 Å². The first-order chi connectivity index (χ1) is 8.46. The minimum Gasteiger partial charge on any atom is -0.314 e. The molecule has 1 aliphatic rings. The highest BCUT2D eigenvalue weighted by Crippen LogP contribution is 2.38. The maximum atomic E-state index is 3.69. The zero-order chi connectivity index (χ0) is 13.2. The van der Waals surface area contributed by atoms with Crippen molar-refractivity contribution in [1.29, 1.82) is 0 Å². The summed E-state index contributed by atoms with van der Waals surface area (Å²) in [5.74, 6) is 0.790. The molecule has 0 spiro atoms. The van der Waals surface area contributed by atoms with Crippen LogP contribution in [0.4, 0.5) is 0 Å². The second kappa shape index (κ2) is 5.44. The van der Waals surface area contributed by atoms with Gasteiger partial charge in [0, 0.05) is 6.04 Å². The van der Waals surface area contributed by atoms with Crippen LogP contribution in [0.25, 0.3) is 0 Å². The summed E-state index contributed by atoms with van der Waals surface area (Å²) in [7, 11) is 0. The van der Waals surface area contributed by atoms with E-state index in [0.717, 1.165) is 18.5 Å². The molecular formula is C17H27N. The Morgan fingerprint density at radius 3 is 2.44 bits per heavy atom. The molecule has 0 saturated heterocycles. The molecule has 0 bridgehead atoms. The van der Waals surface area contributed by atoms with E-state index in [2.05, 4.69) is 57.3 Å². The molecule has 1 N–H and O–H groups in total. The molecule has 18 heavy (non-hydrogen) atoms. The van der Waals surface area contributed by atoms with Gasteiger partial charge in [-0.15, -0.1) is 0 Å². The number of benzene rings is 1. The Bertz CT molecular complexity index is 383. The molecule has 0 aromatic heterocycles. The van der Waals surface area contributed by atoms with Crippen LogP contribution in [-0.2, 0) is 0 Å². The average molecular weight is 245 g/mol. The first kappa shape index (κ1) is 13.6. The Kier molecular flexibility index (Phi) is 4.11. The van der Waals surface area contributed by atoms with E-state index in [4.69, 9.17) is 0 Å². The van der Waals surface area contributed by atoms with Gasteiger partial charge in [0.1, 0.15) is 0 Å². The van der Waals surface area contributed by atoms with Crippen LogP contribution < -0.4 is 5.32 Å². The Balaban J connectivity index is 1.73. The van der Waals surface area contributed by atoms with E-state index < -0.39 is 0 Å². The van der Waals surface area contributed by atoms with E-state index in [1.807, 2.05) is 0 Å². The molecule has 1 aromatic rings. The van der Waals surface area contributed by atoms with Gasteiger partial charge in [-0.3, -0.25) is 0 Å². The summed E-state index contributed by atoms with van der Waals surface area (Å²) >= 11 is 0. The van der Waals surface area contributed by atoms with Crippen LogP contribution in [0.3, 0.4) is 0 Å². The number of rotatable bonds is 4. The maximum absolute atomic E-state index is 3.69. The van der Waals surface area contributed by atoms with Crippen LogP contribution in [0.2, 0.25) is 0 Å². The number of nitrogens with one attached hydrogen (secondary N) is 1. The largest absolute Gasteiger partial charge is 0.314 e. The van der Waals surface area contributed by atoms with Crippen molar-refractivity contribution in [3.8, 4) is 0 Å². The van der Waals surface area contributed by atoms with Crippen LogP contribution in [0, 0.1) is 12.3 Å². The van der Waals surface area contributed by atoms with Gasteiger partial charge < -0.3 is 5.32 Å². The molecule has 0 radical (unpaired) electrons. The second-order valence-corrected chi connectivity index (χ2v) is 6.99. The molecular weight excluding hydrogens is 218 g/mol. The van der Waals surface area contributed by atoms with E-state index in [0.29, 0.717) is 5.41 Å². The van der Waals surface area contributed by atoms with Crippen LogP contribution in [0.1, 0.15) is 57.1 Å². The predicted molar refractivity (Wildman–Crippen MR) is 79.0 cm³/mol. The fraction of sp³-hybridized carbons (Fsp3) is 0.647. The highest BCUT2D eigenvalue weighted by Gasteiger charge is 2.30. The highest BCUT2D eigenvalue weighted by atomic mass is 14.9. The smallest absolute Gasteiger partial charge is 0.00787 e. The van der Waals surface area contributed by atoms with Crippen LogP contribution in [0.15, 0.2) is 24.3 Å². The third-order valence-electron chi connectivity index (χ3n) is 4.07. The van der Waals surface area contributed by atoms with Crippen LogP contribution in [0.5, 0.6) is 0 Å². The minimum atomic E-state index is 0.451. The fourth-order valence-corrected chi connectivity index (χ4v) is 2.73. The first-order valence-electron chi connectivity index (χ1n) is 7.24. The molecule has 0 amide bonds. The maximum Gasteiger partial charge on any atom is 0.00787 e. The molecule has 0 aliphatic heterocycles. The van der Waals surface area contributed by atoms with E-state index in [1.54, 1.807) is 5.56 Å². The molecule has 0 heterocycles. The van der Waals surface area contributed by atoms with Gasteiger partial charge in [0.15, 0.2) is 0 Å². The summed E-state index contributed by atoms with van der Waals surface area (Å²) in [4.78, 5) is 0. The average Bonchev–Trinajstić information content (AvgIpc) is 2.21. The quantitative estimate of drug-likeness (QED) is 0.835. The normalized spacial score (nSPS) is 23.8. The summed E-state index contributed by atoms with van der Waals surface area (Å²) in [6, 6.07) is 9.58. The molecule has 1 saturated carbocycles. The van der Waals surface area contributed by atoms with Gasteiger partial charge in [0.05, 0.1) is 0 Å². The molecule has 1 nitrogen and oxygen atoms in total. The Morgan fingerprint density at radius 2 is 1.83 bits per heavy atom. The van der Waals surface area contributed by atoms with Crippen LogP contribution in [-0.4, -0.2) is 12.6 Å². The zero-order valence-electron chi connectivity index (χ0n) is 12.3. The van der Waals surface area contributed by atoms with Gasteiger partial charge in [0.25, 0.3) is 0 Å². The molecule has 1 aromatic carbocycles. The summed E-state index contributed by atoms with van der Waals surface area (Å²) in [6.07, 6.45) is 3.89. The third-order valence-corrected chi connectivity index (χ3v) is 4.07. The van der Waals surface area contributed by atoms with E-state index in [9.17, 15) is 0 Å². The van der Waals surface area contributed by atoms with Crippen LogP contribution >= 0.6 is 0 Å². The summed E-state index contributed by atoms with van der Waals surface area (Å²) in [6.45, 7) is 10.3. The van der Waals surface area contributed by atoms with Gasteiger partial charge in [-0.25, -0.2) is 0 Å². The Hall–Kier alpha value is -0.820. The van der Waals surface area contributed by atoms with E-state index in [-0.39, 0.29) is 0 Å². The summed E-state index contributed by atoms with van der Waals surface area (Å²) in [5.41, 5.74) is 3.47. The topological polar surface area (TPSA) is 12.0 Å². The van der Waals surface area contributed by atoms with Crippen molar-refractivity contribution in [2.75, 3.05) is 6.54 Å². The second-order valence-electron chi connectivity index (χ2n) is 6.99. The van der Waals surface area contributed by atoms with Gasteiger partial charge in [-0.1, -0.05) is 45.0 Å². The standard InChI is InChI=1S/C17H27N/c1-13-7-5-6-8-16(13)14-11-15(12-14)18-10-9-17(2,3)4/h5-8,14-15,18H,9-12H2,1-4H3. The van der Waals surface area contributed by atoms with Gasteiger partial charge in [-0.05, 0) is 55.2 Å². The number of aryl methyl sites for hydroxylation is 1. The number of hydrogen-bond donors (Lipinski definition) is 1. The highest BCUT2D eigenvalue weighted by molar-refractivity contribution is 5.31. The molecule has 1 aliphatic carbocycles. The lowest BCUT2D eigenvalue weighted by Gasteiger charge is -2.37. The van der Waals surface area contributed by atoms with Gasteiger partial charge in [0.2, 0.25) is 0 Å². The lowest BCUT2D eigenvalue weighted by atomic mass is 9.74. The van der Waals surface area contributed by atoms with E-state index in [1.165, 1.54) is 24.8 Å². The lowest BCUT2D eigenvalue weighted by molar-refractivity contribution is 0.270. The van der Waals surface area contributed by atoms with Gasteiger partial charge in [-0.2, -0.15) is 0 Å². The monoisotopic (exact) mass is 245 g/mol. The van der Waals surface area contributed by atoms with E-state index >= 15 is 0 Å². The predicted octanol–water partition coefficient (Wildman–Crippen LogP) is 4.27. The van der Waals surface area contributed by atoms with Crippen molar-refractivity contribution in [3.63, 3.8) is 0 Å². The van der Waals surface area contributed by atoms with Crippen molar-refractivity contribution in [2.24, 2.45) is 5.41 Å². The molecule has 2 rings (SSSR count). The zero-order valence-corrected chi connectivity index (χ0v) is 12.3. The van der Waals surface area contributed by atoms with Gasteiger partial charge >= 0.3 is 0 Å². The minimum absolute atomic E-state index is 0.451. The van der Waals surface area contributed by atoms with Crippen molar-refractivity contribution in [2.45, 2.75) is 58.9 Å². The lowest BCUT2D eigenvalue weighted by Crippen LogP contribution is -2.41.